The smallest absolute Gasteiger partial charge is 0.306 e. The molecule has 7 heteroatoms. The molecular weight excluding hydrogens is 246 g/mol. The van der Waals surface area contributed by atoms with Crippen molar-refractivity contribution in [2.75, 3.05) is 0 Å². The number of rotatable bonds is 3. The molecule has 3 N–H and O–H groups in total. The second kappa shape index (κ2) is 5.64. The van der Waals surface area contributed by atoms with Crippen LogP contribution in [0.5, 0.6) is 0 Å². The Labute approximate surface area is 110 Å². The van der Waals surface area contributed by atoms with Crippen molar-refractivity contribution in [3.63, 3.8) is 0 Å². The molecule has 2 rings (SSSR count). The lowest BCUT2D eigenvalue weighted by Gasteiger charge is -2.26. The molecule has 1 saturated carbocycles. The second-order valence-electron chi connectivity index (χ2n) is 4.65. The third-order valence-corrected chi connectivity index (χ3v) is 3.41. The van der Waals surface area contributed by atoms with E-state index in [4.69, 9.17) is 10.8 Å². The Morgan fingerprint density at radius 3 is 2.74 bits per heavy atom. The van der Waals surface area contributed by atoms with Gasteiger partial charge < -0.3 is 10.8 Å². The topological polar surface area (TPSA) is 106 Å². The first-order valence-electron chi connectivity index (χ1n) is 6.18. The highest BCUT2D eigenvalue weighted by Gasteiger charge is 2.27. The minimum atomic E-state index is -0.700. The Morgan fingerprint density at radius 1 is 1.47 bits per heavy atom. The number of carbonyl (C=O) groups is 1. The van der Waals surface area contributed by atoms with Crippen molar-refractivity contribution in [2.45, 2.75) is 31.7 Å². The SMILES string of the molecule is C=NC(N)=Nc1cnn(C2CCC(C(=O)O)CC2)c1. The molecule has 0 aromatic carbocycles. The van der Waals surface area contributed by atoms with E-state index in [2.05, 4.69) is 21.8 Å². The van der Waals surface area contributed by atoms with E-state index in [0.717, 1.165) is 12.8 Å². The van der Waals surface area contributed by atoms with Crippen LogP contribution in [0.15, 0.2) is 22.4 Å². The van der Waals surface area contributed by atoms with Crippen LogP contribution in [0.3, 0.4) is 0 Å². The number of nitrogens with zero attached hydrogens (tertiary/aromatic N) is 4. The molecule has 1 aromatic rings. The van der Waals surface area contributed by atoms with Crippen LogP contribution in [0.4, 0.5) is 5.69 Å². The van der Waals surface area contributed by atoms with E-state index in [9.17, 15) is 4.79 Å². The molecule has 102 valence electrons. The molecule has 19 heavy (non-hydrogen) atoms. The molecule has 1 fully saturated rings. The molecule has 1 aliphatic rings. The van der Waals surface area contributed by atoms with E-state index in [1.807, 2.05) is 4.68 Å². The fourth-order valence-corrected chi connectivity index (χ4v) is 2.34. The van der Waals surface area contributed by atoms with Gasteiger partial charge in [0.2, 0.25) is 5.96 Å². The lowest BCUT2D eigenvalue weighted by molar-refractivity contribution is -0.143. The Balaban J connectivity index is 2.01. The normalized spacial score (nSPS) is 24.1. The number of carboxylic acid groups (broad SMARTS) is 1. The van der Waals surface area contributed by atoms with E-state index >= 15 is 0 Å². The number of guanidine groups is 1. The second-order valence-corrected chi connectivity index (χ2v) is 4.65. The summed E-state index contributed by atoms with van der Waals surface area (Å²) in [5.74, 6) is -0.812. The van der Waals surface area contributed by atoms with Crippen molar-refractivity contribution in [2.24, 2.45) is 21.6 Å². The maximum atomic E-state index is 10.9. The van der Waals surface area contributed by atoms with Gasteiger partial charge in [0.1, 0.15) is 5.69 Å². The summed E-state index contributed by atoms with van der Waals surface area (Å²) in [6.07, 6.45) is 6.42. The summed E-state index contributed by atoms with van der Waals surface area (Å²) >= 11 is 0. The van der Waals surface area contributed by atoms with Crippen LogP contribution in [-0.4, -0.2) is 33.5 Å². The van der Waals surface area contributed by atoms with Crippen LogP contribution >= 0.6 is 0 Å². The fraction of sp³-hybridized carbons (Fsp3) is 0.500. The van der Waals surface area contributed by atoms with Gasteiger partial charge in [-0.3, -0.25) is 9.48 Å². The van der Waals surface area contributed by atoms with E-state index < -0.39 is 5.97 Å². The Kier molecular flexibility index (Phi) is 3.94. The predicted octanol–water partition coefficient (Wildman–Crippen LogP) is 1.35. The summed E-state index contributed by atoms with van der Waals surface area (Å²) < 4.78 is 1.83. The number of aliphatic imine (C=N–C) groups is 2. The Hall–Kier alpha value is -2.18. The van der Waals surface area contributed by atoms with Crippen molar-refractivity contribution < 1.29 is 9.90 Å². The van der Waals surface area contributed by atoms with E-state index in [0.29, 0.717) is 18.5 Å². The Bertz CT molecular complexity index is 500. The first kappa shape index (κ1) is 13.3. The number of nitrogens with two attached hydrogens (primary N) is 1. The van der Waals surface area contributed by atoms with Gasteiger partial charge in [0.25, 0.3) is 0 Å². The number of carboxylic acids is 1. The van der Waals surface area contributed by atoms with Gasteiger partial charge in [-0.2, -0.15) is 5.10 Å². The fourth-order valence-electron chi connectivity index (χ4n) is 2.34. The number of hydrogen-bond acceptors (Lipinski definition) is 3. The van der Waals surface area contributed by atoms with Gasteiger partial charge in [0.05, 0.1) is 24.4 Å². The van der Waals surface area contributed by atoms with Crippen LogP contribution in [0, 0.1) is 5.92 Å². The van der Waals surface area contributed by atoms with Crippen LogP contribution in [0.1, 0.15) is 31.7 Å². The zero-order valence-corrected chi connectivity index (χ0v) is 10.6. The van der Waals surface area contributed by atoms with Crippen molar-refractivity contribution in [1.82, 2.24) is 9.78 Å². The molecule has 0 atom stereocenters. The maximum Gasteiger partial charge on any atom is 0.306 e. The van der Waals surface area contributed by atoms with Crippen LogP contribution in [0.2, 0.25) is 0 Å². The van der Waals surface area contributed by atoms with Gasteiger partial charge >= 0.3 is 5.97 Å². The molecule has 0 bridgehead atoms. The van der Waals surface area contributed by atoms with E-state index in [-0.39, 0.29) is 17.9 Å². The number of aromatic nitrogens is 2. The van der Waals surface area contributed by atoms with Gasteiger partial charge in [-0.1, -0.05) is 0 Å². The van der Waals surface area contributed by atoms with Crippen molar-refractivity contribution in [1.29, 1.82) is 0 Å². The van der Waals surface area contributed by atoms with E-state index in [1.54, 1.807) is 12.4 Å². The summed E-state index contributed by atoms with van der Waals surface area (Å²) in [5, 5.41) is 13.2. The standard InChI is InChI=1S/C12H17N5O2/c1-14-12(13)16-9-6-15-17(7-9)10-4-2-8(3-5-10)11(18)19/h6-8,10H,1-5H2,(H2,13,16)(H,18,19). The maximum absolute atomic E-state index is 10.9. The number of aliphatic carboxylic acids is 1. The summed E-state index contributed by atoms with van der Waals surface area (Å²) in [6.45, 7) is 3.29. The van der Waals surface area contributed by atoms with Gasteiger partial charge in [-0.05, 0) is 32.4 Å². The molecule has 7 nitrogen and oxygen atoms in total. The van der Waals surface area contributed by atoms with Gasteiger partial charge in [-0.25, -0.2) is 9.98 Å². The number of hydrogen-bond donors (Lipinski definition) is 2. The summed E-state index contributed by atoms with van der Waals surface area (Å²) in [4.78, 5) is 18.4. The minimum absolute atomic E-state index is 0.106. The zero-order chi connectivity index (χ0) is 13.8. The van der Waals surface area contributed by atoms with Crippen LogP contribution in [0.25, 0.3) is 0 Å². The third kappa shape index (κ3) is 3.18. The quantitative estimate of drug-likeness (QED) is 0.634. The highest BCUT2D eigenvalue weighted by molar-refractivity contribution is 5.84. The Morgan fingerprint density at radius 2 is 2.16 bits per heavy atom. The predicted molar refractivity (Wildman–Crippen MR) is 71.7 cm³/mol. The van der Waals surface area contributed by atoms with Crippen LogP contribution in [-0.2, 0) is 4.79 Å². The largest absolute Gasteiger partial charge is 0.481 e. The molecular formula is C12H17N5O2. The first-order chi connectivity index (χ1) is 9.10. The van der Waals surface area contributed by atoms with Crippen molar-refractivity contribution >= 4 is 24.3 Å². The highest BCUT2D eigenvalue weighted by Crippen LogP contribution is 2.32. The van der Waals surface area contributed by atoms with E-state index in [1.165, 1.54) is 0 Å². The highest BCUT2D eigenvalue weighted by atomic mass is 16.4. The lowest BCUT2D eigenvalue weighted by atomic mass is 9.86. The molecule has 0 spiro atoms. The average Bonchev–Trinajstić information content (AvgIpc) is 2.87. The van der Waals surface area contributed by atoms with Gasteiger partial charge in [-0.15, -0.1) is 0 Å². The molecule has 1 heterocycles. The summed E-state index contributed by atoms with van der Waals surface area (Å²) in [5.41, 5.74) is 6.09. The summed E-state index contributed by atoms with van der Waals surface area (Å²) in [6, 6.07) is 0.234. The molecule has 0 aliphatic heterocycles. The monoisotopic (exact) mass is 263 g/mol. The summed E-state index contributed by atoms with van der Waals surface area (Å²) in [7, 11) is 0. The zero-order valence-electron chi connectivity index (χ0n) is 10.6. The molecule has 0 radical (unpaired) electrons. The molecule has 1 aromatic heterocycles. The van der Waals surface area contributed by atoms with Crippen molar-refractivity contribution in [3.05, 3.63) is 12.4 Å². The molecule has 0 amide bonds. The third-order valence-electron chi connectivity index (χ3n) is 3.41. The lowest BCUT2D eigenvalue weighted by Crippen LogP contribution is -2.23. The molecule has 1 aliphatic carbocycles. The molecule has 0 saturated heterocycles. The molecule has 0 unspecified atom stereocenters. The van der Waals surface area contributed by atoms with Crippen molar-refractivity contribution in [3.8, 4) is 0 Å². The van der Waals surface area contributed by atoms with Gasteiger partial charge in [0.15, 0.2) is 0 Å². The average molecular weight is 263 g/mol. The van der Waals surface area contributed by atoms with Crippen LogP contribution < -0.4 is 5.73 Å². The minimum Gasteiger partial charge on any atom is -0.481 e. The van der Waals surface area contributed by atoms with Gasteiger partial charge in [0, 0.05) is 0 Å². The first-order valence-corrected chi connectivity index (χ1v) is 6.18.